The molecular weight excluding hydrogens is 284 g/mol. The number of halogens is 1. The maximum absolute atomic E-state index is 3.75. The highest BCUT2D eigenvalue weighted by Crippen LogP contribution is 2.14. The molecule has 2 aliphatic rings. The summed E-state index contributed by atoms with van der Waals surface area (Å²) in [5, 5.41) is 3.75. The summed E-state index contributed by atoms with van der Waals surface area (Å²) in [5.74, 6) is 0.707. The summed E-state index contributed by atoms with van der Waals surface area (Å²) in [6.07, 6.45) is 1.27. The Morgan fingerprint density at radius 3 is 2.81 bits per heavy atom. The molecule has 1 aromatic rings. The molecule has 2 saturated heterocycles. The van der Waals surface area contributed by atoms with Crippen molar-refractivity contribution in [2.24, 2.45) is 5.92 Å². The quantitative estimate of drug-likeness (QED) is 0.768. The summed E-state index contributed by atoms with van der Waals surface area (Å²) in [5.41, 5.74) is 7.95. The van der Waals surface area contributed by atoms with E-state index in [0.717, 1.165) is 19.6 Å². The molecule has 5 heteroatoms. The number of rotatable bonds is 5. The van der Waals surface area contributed by atoms with Crippen LogP contribution in [-0.4, -0.2) is 43.2 Å². The van der Waals surface area contributed by atoms with Gasteiger partial charge in [0.2, 0.25) is 0 Å². The van der Waals surface area contributed by atoms with Gasteiger partial charge in [-0.3, -0.25) is 15.8 Å². The predicted molar refractivity (Wildman–Crippen MR) is 89.5 cm³/mol. The van der Waals surface area contributed by atoms with Crippen LogP contribution in [0.1, 0.15) is 18.9 Å². The fourth-order valence-electron chi connectivity index (χ4n) is 3.20. The molecule has 2 aliphatic heterocycles. The van der Waals surface area contributed by atoms with Gasteiger partial charge < -0.3 is 5.32 Å². The number of likely N-dealkylation sites (tertiary alicyclic amines) is 1. The zero-order chi connectivity index (χ0) is 13.8. The number of hydrazine groups is 1. The Bertz CT molecular complexity index is 414. The van der Waals surface area contributed by atoms with Crippen LogP contribution in [0.2, 0.25) is 0 Å². The molecule has 2 fully saturated rings. The first-order valence-electron chi connectivity index (χ1n) is 7.79. The van der Waals surface area contributed by atoms with Gasteiger partial charge in [-0.1, -0.05) is 30.3 Å². The van der Waals surface area contributed by atoms with Gasteiger partial charge >= 0.3 is 0 Å². The Labute approximate surface area is 134 Å². The maximum Gasteiger partial charge on any atom is 0.0237 e. The smallest absolute Gasteiger partial charge is 0.0237 e. The minimum absolute atomic E-state index is 0. The van der Waals surface area contributed by atoms with Gasteiger partial charge in [-0.15, -0.1) is 12.4 Å². The van der Waals surface area contributed by atoms with Gasteiger partial charge in [0.05, 0.1) is 0 Å². The van der Waals surface area contributed by atoms with E-state index in [0.29, 0.717) is 18.0 Å². The van der Waals surface area contributed by atoms with Crippen LogP contribution in [0.15, 0.2) is 30.3 Å². The molecule has 3 unspecified atom stereocenters. The summed E-state index contributed by atoms with van der Waals surface area (Å²) in [7, 11) is 0. The molecule has 0 saturated carbocycles. The Kier molecular flexibility index (Phi) is 6.45. The number of nitrogens with zero attached hydrogens (tertiary/aromatic N) is 1. The minimum Gasteiger partial charge on any atom is -0.312 e. The fraction of sp³-hybridized carbons (Fsp3) is 0.625. The lowest BCUT2D eigenvalue weighted by Gasteiger charge is -2.19. The van der Waals surface area contributed by atoms with Crippen LogP contribution in [0.5, 0.6) is 0 Å². The highest BCUT2D eigenvalue weighted by Gasteiger charge is 2.26. The number of nitrogens with one attached hydrogen (secondary N) is 3. The van der Waals surface area contributed by atoms with Crippen LogP contribution in [-0.2, 0) is 6.54 Å². The summed E-state index contributed by atoms with van der Waals surface area (Å²) in [6.45, 7) is 7.92. The molecule has 0 spiro atoms. The molecule has 118 valence electrons. The summed E-state index contributed by atoms with van der Waals surface area (Å²) in [4.78, 5) is 2.56. The van der Waals surface area contributed by atoms with Gasteiger partial charge in [-0.2, -0.15) is 0 Å². The zero-order valence-corrected chi connectivity index (χ0v) is 13.5. The number of hydrogen-bond acceptors (Lipinski definition) is 4. The molecule has 2 heterocycles. The average molecular weight is 311 g/mol. The van der Waals surface area contributed by atoms with Gasteiger partial charge in [0.25, 0.3) is 0 Å². The largest absolute Gasteiger partial charge is 0.312 e. The SMILES string of the molecule is CC1NNCC1CNC1CCN(Cc2ccccc2)C1.Cl. The molecule has 0 bridgehead atoms. The summed E-state index contributed by atoms with van der Waals surface area (Å²) < 4.78 is 0. The van der Waals surface area contributed by atoms with Crippen LogP contribution < -0.4 is 16.2 Å². The molecule has 0 radical (unpaired) electrons. The van der Waals surface area contributed by atoms with Gasteiger partial charge in [0.15, 0.2) is 0 Å². The van der Waals surface area contributed by atoms with Gasteiger partial charge in [0, 0.05) is 50.7 Å². The van der Waals surface area contributed by atoms with E-state index in [4.69, 9.17) is 0 Å². The Morgan fingerprint density at radius 2 is 2.10 bits per heavy atom. The second kappa shape index (κ2) is 8.11. The molecule has 0 amide bonds. The standard InChI is InChI=1S/C16H26N4.ClH/c1-13-15(10-18-19-13)9-17-16-7-8-20(12-16)11-14-5-3-2-4-6-14;/h2-6,13,15-19H,7-12H2,1H3;1H. The second-order valence-electron chi connectivity index (χ2n) is 6.19. The Morgan fingerprint density at radius 1 is 1.29 bits per heavy atom. The van der Waals surface area contributed by atoms with E-state index in [1.807, 2.05) is 0 Å². The van der Waals surface area contributed by atoms with E-state index < -0.39 is 0 Å². The second-order valence-corrected chi connectivity index (χ2v) is 6.19. The molecule has 3 atom stereocenters. The molecule has 0 aromatic heterocycles. The average Bonchev–Trinajstić information content (AvgIpc) is 3.07. The topological polar surface area (TPSA) is 39.3 Å². The monoisotopic (exact) mass is 310 g/mol. The van der Waals surface area contributed by atoms with E-state index in [1.54, 1.807) is 0 Å². The minimum atomic E-state index is 0. The van der Waals surface area contributed by atoms with Crippen LogP contribution in [0, 0.1) is 5.92 Å². The third kappa shape index (κ3) is 4.66. The number of benzene rings is 1. The summed E-state index contributed by atoms with van der Waals surface area (Å²) >= 11 is 0. The first-order chi connectivity index (χ1) is 9.81. The first kappa shape index (κ1) is 16.7. The third-order valence-electron chi connectivity index (χ3n) is 4.59. The first-order valence-corrected chi connectivity index (χ1v) is 7.79. The van der Waals surface area contributed by atoms with Crippen molar-refractivity contribution in [2.75, 3.05) is 26.2 Å². The van der Waals surface area contributed by atoms with Crippen LogP contribution in [0.3, 0.4) is 0 Å². The highest BCUT2D eigenvalue weighted by atomic mass is 35.5. The number of hydrogen-bond donors (Lipinski definition) is 3. The normalized spacial score (nSPS) is 29.5. The van der Waals surface area contributed by atoms with Crippen molar-refractivity contribution in [1.82, 2.24) is 21.1 Å². The molecule has 3 N–H and O–H groups in total. The van der Waals surface area contributed by atoms with E-state index in [9.17, 15) is 0 Å². The van der Waals surface area contributed by atoms with E-state index in [1.165, 1.54) is 25.1 Å². The van der Waals surface area contributed by atoms with Crippen LogP contribution >= 0.6 is 12.4 Å². The van der Waals surface area contributed by atoms with Gasteiger partial charge in [-0.25, -0.2) is 0 Å². The van der Waals surface area contributed by atoms with Crippen molar-refractivity contribution in [3.63, 3.8) is 0 Å². The van der Waals surface area contributed by atoms with E-state index >= 15 is 0 Å². The van der Waals surface area contributed by atoms with Crippen molar-refractivity contribution in [2.45, 2.75) is 32.0 Å². The Hall–Kier alpha value is -0.650. The van der Waals surface area contributed by atoms with Crippen LogP contribution in [0.4, 0.5) is 0 Å². The van der Waals surface area contributed by atoms with Crippen molar-refractivity contribution in [3.05, 3.63) is 35.9 Å². The van der Waals surface area contributed by atoms with Crippen molar-refractivity contribution in [1.29, 1.82) is 0 Å². The van der Waals surface area contributed by atoms with Crippen LogP contribution in [0.25, 0.3) is 0 Å². The van der Waals surface area contributed by atoms with Gasteiger partial charge in [-0.05, 0) is 18.9 Å². The molecule has 21 heavy (non-hydrogen) atoms. The van der Waals surface area contributed by atoms with E-state index in [-0.39, 0.29) is 12.4 Å². The molecular formula is C16H27ClN4. The Balaban J connectivity index is 0.00000161. The molecule has 4 nitrogen and oxygen atoms in total. The van der Waals surface area contributed by atoms with E-state index in [2.05, 4.69) is 58.3 Å². The van der Waals surface area contributed by atoms with Crippen molar-refractivity contribution >= 4 is 12.4 Å². The third-order valence-corrected chi connectivity index (χ3v) is 4.59. The van der Waals surface area contributed by atoms with Crippen molar-refractivity contribution in [3.8, 4) is 0 Å². The lowest BCUT2D eigenvalue weighted by atomic mass is 10.0. The maximum atomic E-state index is 3.75. The van der Waals surface area contributed by atoms with Crippen molar-refractivity contribution < 1.29 is 0 Å². The lowest BCUT2D eigenvalue weighted by molar-refractivity contribution is 0.316. The van der Waals surface area contributed by atoms with Gasteiger partial charge in [0.1, 0.15) is 0 Å². The lowest BCUT2D eigenvalue weighted by Crippen LogP contribution is -2.39. The zero-order valence-electron chi connectivity index (χ0n) is 12.7. The highest BCUT2D eigenvalue weighted by molar-refractivity contribution is 5.85. The molecule has 1 aromatic carbocycles. The molecule has 3 rings (SSSR count). The fourth-order valence-corrected chi connectivity index (χ4v) is 3.20. The predicted octanol–water partition coefficient (Wildman–Crippen LogP) is 1.38. The summed E-state index contributed by atoms with van der Waals surface area (Å²) in [6, 6.07) is 12.0. The molecule has 0 aliphatic carbocycles.